The van der Waals surface area contributed by atoms with Crippen LogP contribution in [0.1, 0.15) is 100 Å². The topological polar surface area (TPSA) is 70.2 Å². The first-order chi connectivity index (χ1) is 18.1. The highest BCUT2D eigenvalue weighted by Crippen LogP contribution is 2.23. The van der Waals surface area contributed by atoms with Gasteiger partial charge in [0, 0.05) is 24.7 Å². The van der Waals surface area contributed by atoms with Crippen molar-refractivity contribution in [3.63, 3.8) is 0 Å². The maximum absolute atomic E-state index is 13.1. The summed E-state index contributed by atoms with van der Waals surface area (Å²) < 4.78 is 0. The van der Waals surface area contributed by atoms with E-state index in [0.717, 1.165) is 56.3 Å². The molecule has 3 N–H and O–H groups in total. The van der Waals surface area contributed by atoms with Crippen molar-refractivity contribution in [2.24, 2.45) is 5.92 Å². The number of carbonyl (C=O) groups is 2. The Kier molecular flexibility index (Phi) is 12.7. The van der Waals surface area contributed by atoms with Crippen molar-refractivity contribution in [1.29, 1.82) is 0 Å². The van der Waals surface area contributed by atoms with Crippen molar-refractivity contribution in [2.45, 2.75) is 97.1 Å². The van der Waals surface area contributed by atoms with Crippen LogP contribution in [0.4, 0.5) is 0 Å². The lowest BCUT2D eigenvalue weighted by atomic mass is 9.90. The van der Waals surface area contributed by atoms with Gasteiger partial charge < -0.3 is 16.0 Å². The molecule has 0 aromatic heterocycles. The molecule has 202 valence electrons. The molecule has 2 aromatic rings. The molecule has 3 rings (SSSR count). The number of benzene rings is 2. The molecule has 2 amide bonds. The van der Waals surface area contributed by atoms with E-state index in [2.05, 4.69) is 54.1 Å². The van der Waals surface area contributed by atoms with E-state index in [4.69, 9.17) is 0 Å². The number of hydrogen-bond donors (Lipinski definition) is 3. The van der Waals surface area contributed by atoms with Gasteiger partial charge in [0.2, 0.25) is 5.91 Å². The molecule has 2 atom stereocenters. The second-order valence-corrected chi connectivity index (χ2v) is 10.5. The quantitative estimate of drug-likeness (QED) is 0.238. The smallest absolute Gasteiger partial charge is 0.251 e. The van der Waals surface area contributed by atoms with Crippen molar-refractivity contribution in [3.8, 4) is 11.1 Å². The normalized spacial score (nSPS) is 17.7. The van der Waals surface area contributed by atoms with Crippen LogP contribution >= 0.6 is 0 Å². The SMILES string of the molecule is CCCCCCCCC1C(=O)NCCCC1NC(=O)c1ccc(-c2cccc(CNCCCC)c2)cc1. The summed E-state index contributed by atoms with van der Waals surface area (Å²) in [6, 6.07) is 16.3. The van der Waals surface area contributed by atoms with Crippen LogP contribution in [0.3, 0.4) is 0 Å². The summed E-state index contributed by atoms with van der Waals surface area (Å²) in [6.07, 6.45) is 12.2. The summed E-state index contributed by atoms with van der Waals surface area (Å²) in [5.41, 5.74) is 4.16. The summed E-state index contributed by atoms with van der Waals surface area (Å²) in [5, 5.41) is 9.76. The van der Waals surface area contributed by atoms with Crippen molar-refractivity contribution in [1.82, 2.24) is 16.0 Å². The largest absolute Gasteiger partial charge is 0.356 e. The maximum Gasteiger partial charge on any atom is 0.251 e. The van der Waals surface area contributed by atoms with Crippen molar-refractivity contribution in [2.75, 3.05) is 13.1 Å². The fraction of sp³-hybridized carbons (Fsp3) is 0.562. The third-order valence-electron chi connectivity index (χ3n) is 7.44. The van der Waals surface area contributed by atoms with Gasteiger partial charge in [-0.2, -0.15) is 0 Å². The fourth-order valence-electron chi connectivity index (χ4n) is 5.16. The summed E-state index contributed by atoms with van der Waals surface area (Å²) in [7, 11) is 0. The van der Waals surface area contributed by atoms with Gasteiger partial charge >= 0.3 is 0 Å². The van der Waals surface area contributed by atoms with Crippen LogP contribution < -0.4 is 16.0 Å². The van der Waals surface area contributed by atoms with Gasteiger partial charge in [-0.25, -0.2) is 0 Å². The van der Waals surface area contributed by atoms with E-state index in [1.807, 2.05) is 24.3 Å². The third-order valence-corrected chi connectivity index (χ3v) is 7.44. The lowest BCUT2D eigenvalue weighted by Gasteiger charge is -2.25. The average molecular weight is 506 g/mol. The zero-order valence-corrected chi connectivity index (χ0v) is 23.0. The summed E-state index contributed by atoms with van der Waals surface area (Å²) in [5.74, 6) is -0.144. The molecular weight excluding hydrogens is 458 g/mol. The van der Waals surface area contributed by atoms with Gasteiger partial charge in [0.25, 0.3) is 5.91 Å². The van der Waals surface area contributed by atoms with Gasteiger partial charge in [-0.3, -0.25) is 9.59 Å². The molecule has 1 fully saturated rings. The van der Waals surface area contributed by atoms with E-state index in [0.29, 0.717) is 12.1 Å². The van der Waals surface area contributed by atoms with Crippen molar-refractivity contribution >= 4 is 11.8 Å². The molecule has 5 nitrogen and oxygen atoms in total. The molecule has 2 aromatic carbocycles. The van der Waals surface area contributed by atoms with Crippen LogP contribution in [0, 0.1) is 5.92 Å². The van der Waals surface area contributed by atoms with Crippen LogP contribution in [0.5, 0.6) is 0 Å². The minimum absolute atomic E-state index is 0.0897. The number of amides is 2. The van der Waals surface area contributed by atoms with Crippen LogP contribution in [0.15, 0.2) is 48.5 Å². The molecule has 0 radical (unpaired) electrons. The molecule has 1 saturated heterocycles. The Bertz CT molecular complexity index is 957. The lowest BCUT2D eigenvalue weighted by molar-refractivity contribution is -0.125. The molecule has 0 bridgehead atoms. The first-order valence-electron chi connectivity index (χ1n) is 14.6. The van der Waals surface area contributed by atoms with E-state index in [1.54, 1.807) is 0 Å². The van der Waals surface area contributed by atoms with Gasteiger partial charge in [-0.05, 0) is 67.1 Å². The monoisotopic (exact) mass is 505 g/mol. The zero-order chi connectivity index (χ0) is 26.3. The van der Waals surface area contributed by atoms with Crippen molar-refractivity contribution < 1.29 is 9.59 Å². The minimum Gasteiger partial charge on any atom is -0.356 e. The van der Waals surface area contributed by atoms with Gasteiger partial charge in [0.1, 0.15) is 0 Å². The highest BCUT2D eigenvalue weighted by molar-refractivity contribution is 5.95. The fourth-order valence-corrected chi connectivity index (χ4v) is 5.16. The third kappa shape index (κ3) is 9.62. The molecule has 1 aliphatic rings. The minimum atomic E-state index is -0.148. The molecular formula is C32H47N3O2. The number of rotatable bonds is 15. The Morgan fingerprint density at radius 3 is 2.46 bits per heavy atom. The standard InChI is InChI=1S/C32H47N3O2/c1-3-5-7-8-9-10-15-29-30(16-12-22-34-32(29)37)35-31(36)27-19-17-26(18-20-27)28-14-11-13-25(23-28)24-33-21-6-4-2/h11,13-14,17-20,23,29-30,33H,3-10,12,15-16,21-22,24H2,1-2H3,(H,34,37)(H,35,36). The van der Waals surface area contributed by atoms with Crippen LogP contribution in [0.25, 0.3) is 11.1 Å². The number of unbranched alkanes of at least 4 members (excludes halogenated alkanes) is 6. The molecule has 0 saturated carbocycles. The lowest BCUT2D eigenvalue weighted by Crippen LogP contribution is -2.44. The average Bonchev–Trinajstić information content (AvgIpc) is 3.09. The molecule has 1 aliphatic heterocycles. The van der Waals surface area contributed by atoms with E-state index in [9.17, 15) is 9.59 Å². The van der Waals surface area contributed by atoms with E-state index < -0.39 is 0 Å². The van der Waals surface area contributed by atoms with Crippen molar-refractivity contribution in [3.05, 3.63) is 59.7 Å². The number of nitrogens with one attached hydrogen (secondary N) is 3. The van der Waals surface area contributed by atoms with Crippen LogP contribution in [0.2, 0.25) is 0 Å². The summed E-state index contributed by atoms with van der Waals surface area (Å²) >= 11 is 0. The molecule has 0 spiro atoms. The van der Waals surface area contributed by atoms with Crippen LogP contribution in [-0.2, 0) is 11.3 Å². The zero-order valence-electron chi connectivity index (χ0n) is 23.0. The highest BCUT2D eigenvalue weighted by atomic mass is 16.2. The van der Waals surface area contributed by atoms with Gasteiger partial charge in [0.05, 0.1) is 5.92 Å². The Morgan fingerprint density at radius 2 is 1.68 bits per heavy atom. The van der Waals surface area contributed by atoms with E-state index >= 15 is 0 Å². The molecule has 0 aliphatic carbocycles. The molecule has 37 heavy (non-hydrogen) atoms. The van der Waals surface area contributed by atoms with Crippen LogP contribution in [-0.4, -0.2) is 30.9 Å². The van der Waals surface area contributed by atoms with Gasteiger partial charge in [-0.15, -0.1) is 0 Å². The molecule has 1 heterocycles. The second-order valence-electron chi connectivity index (χ2n) is 10.5. The van der Waals surface area contributed by atoms with E-state index in [1.165, 1.54) is 44.1 Å². The second kappa shape index (κ2) is 16.2. The first-order valence-corrected chi connectivity index (χ1v) is 14.6. The Balaban J connectivity index is 1.58. The predicted octanol–water partition coefficient (Wildman–Crippen LogP) is 6.62. The maximum atomic E-state index is 13.1. The number of carbonyl (C=O) groups excluding carboxylic acids is 2. The molecule has 2 unspecified atom stereocenters. The first kappa shape index (κ1) is 28.9. The predicted molar refractivity (Wildman–Crippen MR) is 153 cm³/mol. The number of hydrogen-bond acceptors (Lipinski definition) is 3. The van der Waals surface area contributed by atoms with Gasteiger partial charge in [-0.1, -0.05) is 89.1 Å². The van der Waals surface area contributed by atoms with E-state index in [-0.39, 0.29) is 23.8 Å². The Labute approximate surface area is 224 Å². The highest BCUT2D eigenvalue weighted by Gasteiger charge is 2.31. The summed E-state index contributed by atoms with van der Waals surface area (Å²) in [6.45, 7) is 7.02. The Hall–Kier alpha value is -2.66. The Morgan fingerprint density at radius 1 is 0.919 bits per heavy atom. The summed E-state index contributed by atoms with van der Waals surface area (Å²) in [4.78, 5) is 25.9. The van der Waals surface area contributed by atoms with Gasteiger partial charge in [0.15, 0.2) is 0 Å². The molecule has 5 heteroatoms.